The third-order valence-electron chi connectivity index (χ3n) is 2.57. The van der Waals surface area contributed by atoms with Gasteiger partial charge in [-0.3, -0.25) is 0 Å². The van der Waals surface area contributed by atoms with E-state index in [0.717, 1.165) is 13.2 Å². The van der Waals surface area contributed by atoms with Gasteiger partial charge in [0.15, 0.2) is 0 Å². The van der Waals surface area contributed by atoms with Gasteiger partial charge in [-0.15, -0.1) is 0 Å². The van der Waals surface area contributed by atoms with Crippen molar-refractivity contribution >= 4 is 0 Å². The van der Waals surface area contributed by atoms with Crippen molar-refractivity contribution in [1.82, 2.24) is 0 Å². The zero-order valence-electron chi connectivity index (χ0n) is 9.86. The van der Waals surface area contributed by atoms with Gasteiger partial charge in [-0.2, -0.15) is 26.3 Å². The second kappa shape index (κ2) is 4.59. The Hall–Kier alpha value is -1.44. The summed E-state index contributed by atoms with van der Waals surface area (Å²) in [6.45, 7) is 1.30. The minimum Gasteiger partial charge on any atom is -0.496 e. The quantitative estimate of drug-likeness (QED) is 0.846. The predicted octanol–water partition coefficient (Wildman–Crippen LogP) is 3.32. The van der Waals surface area contributed by atoms with Crippen molar-refractivity contribution < 1.29 is 36.2 Å². The lowest BCUT2D eigenvalue weighted by atomic mass is 9.90. The molecule has 1 aromatic carbocycles. The topological polar surface area (TPSA) is 29.5 Å². The molecule has 0 aliphatic rings. The van der Waals surface area contributed by atoms with Crippen LogP contribution in [0.3, 0.4) is 0 Å². The van der Waals surface area contributed by atoms with Crippen LogP contribution in [0.4, 0.5) is 26.3 Å². The van der Waals surface area contributed by atoms with Crippen molar-refractivity contribution in [2.45, 2.75) is 24.9 Å². The molecule has 108 valence electrons. The van der Waals surface area contributed by atoms with Crippen LogP contribution in [-0.4, -0.2) is 24.6 Å². The van der Waals surface area contributed by atoms with Crippen LogP contribution in [0.25, 0.3) is 0 Å². The van der Waals surface area contributed by atoms with E-state index in [-0.39, 0.29) is 5.56 Å². The third-order valence-corrected chi connectivity index (χ3v) is 2.57. The zero-order valence-corrected chi connectivity index (χ0v) is 9.86. The number of rotatable bonds is 2. The average molecular weight is 288 g/mol. The number of aliphatic hydroxyl groups is 1. The van der Waals surface area contributed by atoms with Gasteiger partial charge in [-0.1, -0.05) is 11.6 Å². The van der Waals surface area contributed by atoms with E-state index in [9.17, 15) is 31.4 Å². The fourth-order valence-electron chi connectivity index (χ4n) is 1.57. The van der Waals surface area contributed by atoms with Crippen molar-refractivity contribution in [2.24, 2.45) is 0 Å². The Bertz CT molecular complexity index is 449. The third kappa shape index (κ3) is 2.49. The van der Waals surface area contributed by atoms with Crippen molar-refractivity contribution in [2.75, 3.05) is 7.11 Å². The SMILES string of the molecule is COc1ccc(C)cc1C(O)(C(F)(F)F)C(F)(F)F. The summed E-state index contributed by atoms with van der Waals surface area (Å²) >= 11 is 0. The number of alkyl halides is 6. The van der Waals surface area contributed by atoms with Gasteiger partial charge in [-0.05, 0) is 19.1 Å². The van der Waals surface area contributed by atoms with E-state index in [1.54, 1.807) is 0 Å². The van der Waals surface area contributed by atoms with Gasteiger partial charge < -0.3 is 9.84 Å². The molecule has 0 radical (unpaired) electrons. The molecular weight excluding hydrogens is 278 g/mol. The van der Waals surface area contributed by atoms with Crippen molar-refractivity contribution in [3.05, 3.63) is 29.3 Å². The number of methoxy groups -OCH3 is 1. The number of benzene rings is 1. The molecule has 0 atom stereocenters. The smallest absolute Gasteiger partial charge is 0.430 e. The summed E-state index contributed by atoms with van der Waals surface area (Å²) in [5.74, 6) is -0.692. The van der Waals surface area contributed by atoms with E-state index in [4.69, 9.17) is 0 Å². The van der Waals surface area contributed by atoms with Gasteiger partial charge in [-0.25, -0.2) is 0 Å². The van der Waals surface area contributed by atoms with Gasteiger partial charge in [0.25, 0.3) is 5.60 Å². The van der Waals surface area contributed by atoms with Crippen LogP contribution in [0.2, 0.25) is 0 Å². The summed E-state index contributed by atoms with van der Waals surface area (Å²) in [6, 6.07) is 2.81. The minimum absolute atomic E-state index is 0.128. The molecule has 0 saturated heterocycles. The minimum atomic E-state index is -5.92. The van der Waals surface area contributed by atoms with E-state index in [0.29, 0.717) is 6.07 Å². The maximum atomic E-state index is 12.7. The average Bonchev–Trinajstić information content (AvgIpc) is 2.24. The van der Waals surface area contributed by atoms with Crippen LogP contribution in [0.15, 0.2) is 18.2 Å². The largest absolute Gasteiger partial charge is 0.496 e. The molecule has 19 heavy (non-hydrogen) atoms. The van der Waals surface area contributed by atoms with E-state index in [2.05, 4.69) is 4.74 Å². The molecule has 0 amide bonds. The van der Waals surface area contributed by atoms with E-state index < -0.39 is 29.3 Å². The van der Waals surface area contributed by atoms with Crippen LogP contribution in [0, 0.1) is 6.92 Å². The number of ether oxygens (including phenoxy) is 1. The second-order valence-corrected chi connectivity index (χ2v) is 3.91. The number of halogens is 6. The molecule has 1 rings (SSSR count). The molecule has 1 aromatic rings. The Morgan fingerprint density at radius 2 is 1.47 bits per heavy atom. The molecule has 0 bridgehead atoms. The molecule has 0 aliphatic carbocycles. The predicted molar refractivity (Wildman–Crippen MR) is 53.7 cm³/mol. The summed E-state index contributed by atoms with van der Waals surface area (Å²) in [5, 5.41) is 9.26. The standard InChI is InChI=1S/C11H10F6O2/c1-6-3-4-8(19-2)7(5-6)9(18,10(12,13)14)11(15,16)17/h3-5,18H,1-2H3. The first-order valence-corrected chi connectivity index (χ1v) is 4.96. The van der Waals surface area contributed by atoms with Gasteiger partial charge in [0.05, 0.1) is 7.11 Å². The van der Waals surface area contributed by atoms with Crippen LogP contribution in [-0.2, 0) is 5.60 Å². The maximum absolute atomic E-state index is 12.7. The number of aryl methyl sites for hydroxylation is 1. The Kier molecular flexibility index (Phi) is 3.77. The summed E-state index contributed by atoms with van der Waals surface area (Å²) in [6.07, 6.45) is -11.8. The maximum Gasteiger partial charge on any atom is 0.430 e. The second-order valence-electron chi connectivity index (χ2n) is 3.91. The Labute approximate surface area is 104 Å². The highest BCUT2D eigenvalue weighted by Gasteiger charge is 2.72. The van der Waals surface area contributed by atoms with Gasteiger partial charge in [0, 0.05) is 5.56 Å². The summed E-state index contributed by atoms with van der Waals surface area (Å²) in [7, 11) is 0.918. The molecule has 0 heterocycles. The first kappa shape index (κ1) is 15.6. The normalized spacial score (nSPS) is 13.5. The van der Waals surface area contributed by atoms with Crippen molar-refractivity contribution in [3.63, 3.8) is 0 Å². The molecular formula is C11H10F6O2. The van der Waals surface area contributed by atoms with Gasteiger partial charge in [0.2, 0.25) is 0 Å². The number of hydrogen-bond donors (Lipinski definition) is 1. The Balaban J connectivity index is 3.65. The highest BCUT2D eigenvalue weighted by Crippen LogP contribution is 2.52. The summed E-state index contributed by atoms with van der Waals surface area (Å²) in [5.41, 5.74) is -6.23. The van der Waals surface area contributed by atoms with E-state index in [1.807, 2.05) is 0 Å². The molecule has 1 N–H and O–H groups in total. The molecule has 0 unspecified atom stereocenters. The molecule has 0 fully saturated rings. The zero-order chi connectivity index (χ0) is 15.1. The molecule has 0 saturated carbocycles. The molecule has 0 spiro atoms. The van der Waals surface area contributed by atoms with Crippen LogP contribution in [0.1, 0.15) is 11.1 Å². The molecule has 2 nitrogen and oxygen atoms in total. The highest BCUT2D eigenvalue weighted by atomic mass is 19.4. The van der Waals surface area contributed by atoms with E-state index in [1.165, 1.54) is 13.0 Å². The lowest BCUT2D eigenvalue weighted by molar-refractivity contribution is -0.376. The molecule has 0 aromatic heterocycles. The number of hydrogen-bond acceptors (Lipinski definition) is 2. The summed E-state index contributed by atoms with van der Waals surface area (Å²) in [4.78, 5) is 0. The van der Waals surface area contributed by atoms with Gasteiger partial charge in [0.1, 0.15) is 5.75 Å². The Morgan fingerprint density at radius 1 is 1.00 bits per heavy atom. The van der Waals surface area contributed by atoms with Crippen LogP contribution >= 0.6 is 0 Å². The van der Waals surface area contributed by atoms with Crippen LogP contribution < -0.4 is 4.74 Å². The van der Waals surface area contributed by atoms with Crippen molar-refractivity contribution in [3.8, 4) is 5.75 Å². The van der Waals surface area contributed by atoms with Crippen molar-refractivity contribution in [1.29, 1.82) is 0 Å². The fraction of sp³-hybridized carbons (Fsp3) is 0.455. The first-order valence-electron chi connectivity index (χ1n) is 4.96. The lowest BCUT2D eigenvalue weighted by Gasteiger charge is -2.33. The summed E-state index contributed by atoms with van der Waals surface area (Å²) < 4.78 is 80.7. The highest BCUT2D eigenvalue weighted by molar-refractivity contribution is 5.43. The first-order chi connectivity index (χ1) is 8.45. The monoisotopic (exact) mass is 288 g/mol. The van der Waals surface area contributed by atoms with Crippen LogP contribution in [0.5, 0.6) is 5.75 Å². The Morgan fingerprint density at radius 3 is 1.84 bits per heavy atom. The molecule has 8 heteroatoms. The molecule has 0 aliphatic heterocycles. The fourth-order valence-corrected chi connectivity index (χ4v) is 1.57. The lowest BCUT2D eigenvalue weighted by Crippen LogP contribution is -2.54. The van der Waals surface area contributed by atoms with Gasteiger partial charge >= 0.3 is 12.4 Å². The van der Waals surface area contributed by atoms with E-state index >= 15 is 0 Å².